The van der Waals surface area contributed by atoms with Crippen LogP contribution < -0.4 is 15.0 Å². The van der Waals surface area contributed by atoms with Gasteiger partial charge in [0.25, 0.3) is 0 Å². The van der Waals surface area contributed by atoms with Crippen LogP contribution in [-0.4, -0.2) is 37.3 Å². The third-order valence-electron chi connectivity index (χ3n) is 3.25. The lowest BCUT2D eigenvalue weighted by Gasteiger charge is -2.25. The number of carbonyl (C=O) groups excluding carboxylic acids is 1. The van der Waals surface area contributed by atoms with Gasteiger partial charge in [-0.3, -0.25) is 9.69 Å². The van der Waals surface area contributed by atoms with Gasteiger partial charge in [-0.25, -0.2) is 4.79 Å². The van der Waals surface area contributed by atoms with Crippen molar-refractivity contribution in [3.63, 3.8) is 0 Å². The Labute approximate surface area is 124 Å². The van der Waals surface area contributed by atoms with E-state index in [-0.39, 0.29) is 18.4 Å². The molecule has 0 aliphatic carbocycles. The lowest BCUT2D eigenvalue weighted by Crippen LogP contribution is -2.46. The Balaban J connectivity index is 2.78. The molecule has 2 N–H and O–H groups in total. The molecule has 1 aromatic carbocycles. The van der Waals surface area contributed by atoms with Crippen molar-refractivity contribution in [2.75, 3.05) is 19.1 Å². The van der Waals surface area contributed by atoms with Crippen molar-refractivity contribution in [2.24, 2.45) is 5.92 Å². The average Bonchev–Trinajstić information content (AvgIpc) is 2.45. The second kappa shape index (κ2) is 7.52. The number of carbonyl (C=O) groups is 2. The monoisotopic (exact) mass is 294 g/mol. The molecule has 0 aromatic heterocycles. The van der Waals surface area contributed by atoms with E-state index in [9.17, 15) is 9.59 Å². The van der Waals surface area contributed by atoms with Gasteiger partial charge in [0.05, 0.1) is 13.5 Å². The van der Waals surface area contributed by atoms with Crippen LogP contribution in [0.1, 0.15) is 20.3 Å². The Bertz CT molecular complexity index is 502. The number of aliphatic carboxylic acids is 1. The highest BCUT2D eigenvalue weighted by atomic mass is 16.5. The summed E-state index contributed by atoms with van der Waals surface area (Å²) in [6.45, 7) is 3.75. The van der Waals surface area contributed by atoms with Crippen LogP contribution in [0.4, 0.5) is 10.5 Å². The number of nitrogens with zero attached hydrogens (tertiary/aromatic N) is 1. The van der Waals surface area contributed by atoms with Crippen molar-refractivity contribution in [1.29, 1.82) is 0 Å². The predicted molar refractivity (Wildman–Crippen MR) is 80.8 cm³/mol. The number of hydrogen-bond donors (Lipinski definition) is 2. The second-order valence-corrected chi connectivity index (χ2v) is 5.16. The first kappa shape index (κ1) is 16.8. The summed E-state index contributed by atoms with van der Waals surface area (Å²) in [7, 11) is 3.18. The van der Waals surface area contributed by atoms with Gasteiger partial charge >= 0.3 is 12.0 Å². The molecule has 0 radical (unpaired) electrons. The van der Waals surface area contributed by atoms with Crippen LogP contribution in [0, 0.1) is 5.92 Å². The summed E-state index contributed by atoms with van der Waals surface area (Å²) in [5, 5.41) is 11.6. The maximum Gasteiger partial charge on any atom is 0.321 e. The standard InChI is InChI=1S/C15H22N2O4/c1-10(2)13(9-14(18)19)16-15(20)17(3)11-6-5-7-12(8-11)21-4/h5-8,10,13H,9H2,1-4H3,(H,16,20)(H,18,19). The topological polar surface area (TPSA) is 78.9 Å². The maximum atomic E-state index is 12.2. The van der Waals surface area contributed by atoms with Gasteiger partial charge in [-0.15, -0.1) is 0 Å². The van der Waals surface area contributed by atoms with Crippen molar-refractivity contribution >= 4 is 17.7 Å². The van der Waals surface area contributed by atoms with Crippen LogP contribution in [0.5, 0.6) is 5.75 Å². The molecule has 0 bridgehead atoms. The van der Waals surface area contributed by atoms with E-state index in [1.807, 2.05) is 13.8 Å². The summed E-state index contributed by atoms with van der Waals surface area (Å²) in [5.41, 5.74) is 0.671. The molecule has 0 heterocycles. The summed E-state index contributed by atoms with van der Waals surface area (Å²) in [6, 6.07) is 6.34. The number of amides is 2. The molecule has 0 aliphatic rings. The van der Waals surface area contributed by atoms with Gasteiger partial charge < -0.3 is 15.2 Å². The van der Waals surface area contributed by atoms with Crippen LogP contribution in [0.2, 0.25) is 0 Å². The minimum atomic E-state index is -0.932. The molecule has 116 valence electrons. The predicted octanol–water partition coefficient (Wildman–Crippen LogP) is 2.34. The first-order chi connectivity index (χ1) is 9.85. The van der Waals surface area contributed by atoms with E-state index in [2.05, 4.69) is 5.32 Å². The van der Waals surface area contributed by atoms with E-state index in [4.69, 9.17) is 9.84 Å². The van der Waals surface area contributed by atoms with Crippen molar-refractivity contribution in [1.82, 2.24) is 5.32 Å². The molecule has 6 nitrogen and oxygen atoms in total. The Morgan fingerprint density at radius 3 is 2.57 bits per heavy atom. The van der Waals surface area contributed by atoms with Crippen LogP contribution in [0.25, 0.3) is 0 Å². The van der Waals surface area contributed by atoms with E-state index >= 15 is 0 Å². The van der Waals surface area contributed by atoms with Crippen LogP contribution in [0.15, 0.2) is 24.3 Å². The lowest BCUT2D eigenvalue weighted by atomic mass is 10.0. The molecule has 1 unspecified atom stereocenters. The first-order valence-electron chi connectivity index (χ1n) is 6.75. The van der Waals surface area contributed by atoms with E-state index in [1.165, 1.54) is 4.90 Å². The second-order valence-electron chi connectivity index (χ2n) is 5.16. The molecule has 1 atom stereocenters. The minimum Gasteiger partial charge on any atom is -0.497 e. The number of carboxylic acids is 1. The van der Waals surface area contributed by atoms with E-state index in [0.717, 1.165) is 0 Å². The SMILES string of the molecule is COc1cccc(N(C)C(=O)NC(CC(=O)O)C(C)C)c1. The van der Waals surface area contributed by atoms with Crippen molar-refractivity contribution in [3.8, 4) is 5.75 Å². The number of hydrogen-bond acceptors (Lipinski definition) is 3. The quantitative estimate of drug-likeness (QED) is 0.844. The molecule has 21 heavy (non-hydrogen) atoms. The highest BCUT2D eigenvalue weighted by molar-refractivity contribution is 5.92. The zero-order chi connectivity index (χ0) is 16.0. The number of benzene rings is 1. The molecule has 1 aromatic rings. The molecule has 0 spiro atoms. The Kier molecular flexibility index (Phi) is 6.02. The normalized spacial score (nSPS) is 11.9. The fourth-order valence-corrected chi connectivity index (χ4v) is 1.83. The highest BCUT2D eigenvalue weighted by Gasteiger charge is 2.21. The van der Waals surface area contributed by atoms with Crippen LogP contribution in [0.3, 0.4) is 0 Å². The fourth-order valence-electron chi connectivity index (χ4n) is 1.83. The molecule has 0 aliphatic heterocycles. The lowest BCUT2D eigenvalue weighted by molar-refractivity contribution is -0.137. The van der Waals surface area contributed by atoms with Gasteiger partial charge in [0, 0.05) is 24.8 Å². The van der Waals surface area contributed by atoms with E-state index in [0.29, 0.717) is 11.4 Å². The molecule has 2 amide bonds. The summed E-state index contributed by atoms with van der Waals surface area (Å²) < 4.78 is 5.12. The van der Waals surface area contributed by atoms with Gasteiger partial charge in [-0.1, -0.05) is 19.9 Å². The Hall–Kier alpha value is -2.24. The van der Waals surface area contributed by atoms with Crippen LogP contribution in [-0.2, 0) is 4.79 Å². The van der Waals surface area contributed by atoms with Crippen LogP contribution >= 0.6 is 0 Å². The third-order valence-corrected chi connectivity index (χ3v) is 3.25. The third kappa shape index (κ3) is 4.98. The minimum absolute atomic E-state index is 0.0313. The Morgan fingerprint density at radius 1 is 1.38 bits per heavy atom. The number of urea groups is 1. The Morgan fingerprint density at radius 2 is 2.05 bits per heavy atom. The van der Waals surface area contributed by atoms with E-state index < -0.39 is 12.0 Å². The number of ether oxygens (including phenoxy) is 1. The molecule has 0 saturated carbocycles. The van der Waals surface area contributed by atoms with Gasteiger partial charge in [0.2, 0.25) is 0 Å². The summed E-state index contributed by atoms with van der Waals surface area (Å²) >= 11 is 0. The van der Waals surface area contributed by atoms with Crippen molar-refractivity contribution in [2.45, 2.75) is 26.3 Å². The zero-order valence-corrected chi connectivity index (χ0v) is 12.8. The van der Waals surface area contributed by atoms with Gasteiger partial charge in [0.15, 0.2) is 0 Å². The smallest absolute Gasteiger partial charge is 0.321 e. The number of anilines is 1. The number of methoxy groups -OCH3 is 1. The van der Waals surface area contributed by atoms with Gasteiger partial charge in [-0.2, -0.15) is 0 Å². The molecular formula is C15H22N2O4. The summed E-state index contributed by atoms with van der Waals surface area (Å²) in [4.78, 5) is 24.5. The maximum absolute atomic E-state index is 12.2. The molecule has 1 rings (SSSR count). The average molecular weight is 294 g/mol. The van der Waals surface area contributed by atoms with Crippen molar-refractivity contribution < 1.29 is 19.4 Å². The molecule has 0 saturated heterocycles. The summed E-state index contributed by atoms with van der Waals surface area (Å²) in [5.74, 6) is -0.250. The molecular weight excluding hydrogens is 272 g/mol. The summed E-state index contributed by atoms with van der Waals surface area (Å²) in [6.07, 6.45) is -0.102. The van der Waals surface area contributed by atoms with Crippen molar-refractivity contribution in [3.05, 3.63) is 24.3 Å². The first-order valence-corrected chi connectivity index (χ1v) is 6.75. The largest absolute Gasteiger partial charge is 0.497 e. The number of carboxylic acid groups (broad SMARTS) is 1. The molecule has 6 heteroatoms. The zero-order valence-electron chi connectivity index (χ0n) is 12.8. The number of rotatable bonds is 6. The highest BCUT2D eigenvalue weighted by Crippen LogP contribution is 2.20. The van der Waals surface area contributed by atoms with Gasteiger partial charge in [0.1, 0.15) is 5.75 Å². The molecule has 0 fully saturated rings. The van der Waals surface area contributed by atoms with Gasteiger partial charge in [-0.05, 0) is 18.1 Å². The number of nitrogens with one attached hydrogen (secondary N) is 1. The van der Waals surface area contributed by atoms with E-state index in [1.54, 1.807) is 38.4 Å². The fraction of sp³-hybridized carbons (Fsp3) is 0.467.